The van der Waals surface area contributed by atoms with Crippen LogP contribution in [0.4, 0.5) is 0 Å². The van der Waals surface area contributed by atoms with E-state index in [2.05, 4.69) is 15.4 Å². The number of benzene rings is 1. The molecule has 3 heterocycles. The van der Waals surface area contributed by atoms with Crippen molar-refractivity contribution in [3.05, 3.63) is 92.8 Å². The molecule has 0 saturated carbocycles. The second kappa shape index (κ2) is 8.14. The van der Waals surface area contributed by atoms with Crippen molar-refractivity contribution < 1.29 is 4.79 Å². The Morgan fingerprint density at radius 1 is 1.07 bits per heavy atom. The van der Waals surface area contributed by atoms with Gasteiger partial charge < -0.3 is 5.32 Å². The zero-order valence-electron chi connectivity index (χ0n) is 15.0. The molecule has 6 nitrogen and oxygen atoms in total. The first-order chi connectivity index (χ1) is 13.7. The summed E-state index contributed by atoms with van der Waals surface area (Å²) in [5.74, 6) is -0.245. The molecule has 0 unspecified atom stereocenters. The van der Waals surface area contributed by atoms with Crippen LogP contribution in [0.2, 0.25) is 0 Å². The Kier molecular flexibility index (Phi) is 5.25. The van der Waals surface area contributed by atoms with E-state index >= 15 is 0 Å². The van der Waals surface area contributed by atoms with Gasteiger partial charge in [-0.25, -0.2) is 4.68 Å². The van der Waals surface area contributed by atoms with Gasteiger partial charge in [-0.15, -0.1) is 11.3 Å². The number of pyridine rings is 1. The van der Waals surface area contributed by atoms with Gasteiger partial charge >= 0.3 is 0 Å². The molecule has 0 atom stereocenters. The zero-order chi connectivity index (χ0) is 19.3. The number of carbonyl (C=O) groups is 1. The van der Waals surface area contributed by atoms with Crippen molar-refractivity contribution in [2.75, 3.05) is 0 Å². The summed E-state index contributed by atoms with van der Waals surface area (Å²) in [5, 5.41) is 10.7. The third-order valence-corrected chi connectivity index (χ3v) is 5.25. The molecule has 0 bridgehead atoms. The largest absolute Gasteiger partial charge is 0.350 e. The van der Waals surface area contributed by atoms with E-state index in [0.29, 0.717) is 18.4 Å². The van der Waals surface area contributed by atoms with Gasteiger partial charge in [0.05, 0.1) is 17.6 Å². The van der Waals surface area contributed by atoms with Gasteiger partial charge in [-0.1, -0.05) is 30.3 Å². The Hall–Kier alpha value is -3.32. The standard InChI is InChI=1S/C21H18N4O2S/c26-20(23-13-16-6-4-10-28-16)14-25-21(27)18-8-2-1-7-17(18)19(24-25)11-15-5-3-9-22-12-15/h1-10,12H,11,13-14H2,(H,23,26). The lowest BCUT2D eigenvalue weighted by Crippen LogP contribution is -2.34. The lowest BCUT2D eigenvalue weighted by Gasteiger charge is -2.11. The van der Waals surface area contributed by atoms with E-state index in [4.69, 9.17) is 0 Å². The number of nitrogens with zero attached hydrogens (tertiary/aromatic N) is 3. The highest BCUT2D eigenvalue weighted by molar-refractivity contribution is 7.09. The second-order valence-corrected chi connectivity index (χ2v) is 7.38. The molecule has 1 aromatic carbocycles. The predicted molar refractivity (Wildman–Crippen MR) is 109 cm³/mol. The van der Waals surface area contributed by atoms with Crippen LogP contribution in [-0.4, -0.2) is 20.7 Å². The van der Waals surface area contributed by atoms with E-state index in [0.717, 1.165) is 21.5 Å². The maximum atomic E-state index is 12.8. The summed E-state index contributed by atoms with van der Waals surface area (Å²) >= 11 is 1.58. The maximum absolute atomic E-state index is 12.8. The van der Waals surface area contributed by atoms with E-state index in [9.17, 15) is 9.59 Å². The molecule has 0 aliphatic rings. The molecule has 1 N–H and O–H groups in total. The molecule has 1 amide bonds. The third kappa shape index (κ3) is 3.99. The number of fused-ring (bicyclic) bond motifs is 1. The van der Waals surface area contributed by atoms with Gasteiger partial charge in [-0.2, -0.15) is 5.10 Å². The van der Waals surface area contributed by atoms with Crippen LogP contribution in [0.25, 0.3) is 10.8 Å². The molecule has 0 saturated heterocycles. The maximum Gasteiger partial charge on any atom is 0.275 e. The monoisotopic (exact) mass is 390 g/mol. The molecule has 0 fully saturated rings. The van der Waals surface area contributed by atoms with Crippen LogP contribution in [-0.2, 0) is 24.3 Å². The summed E-state index contributed by atoms with van der Waals surface area (Å²) in [4.78, 5) is 30.4. The van der Waals surface area contributed by atoms with Crippen LogP contribution in [0.3, 0.4) is 0 Å². The van der Waals surface area contributed by atoms with Crippen LogP contribution < -0.4 is 10.9 Å². The molecule has 28 heavy (non-hydrogen) atoms. The van der Waals surface area contributed by atoms with Gasteiger partial charge in [0.2, 0.25) is 5.91 Å². The normalized spacial score (nSPS) is 10.9. The summed E-state index contributed by atoms with van der Waals surface area (Å²) in [5.41, 5.74) is 1.47. The van der Waals surface area contributed by atoms with E-state index < -0.39 is 0 Å². The highest BCUT2D eigenvalue weighted by Gasteiger charge is 2.13. The SMILES string of the molecule is O=C(Cn1nc(Cc2cccnc2)c2ccccc2c1=O)NCc1cccs1. The molecule has 4 aromatic rings. The minimum atomic E-state index is -0.267. The number of nitrogens with one attached hydrogen (secondary N) is 1. The molecule has 140 valence electrons. The Labute approximate surface area is 165 Å². The van der Waals surface area contributed by atoms with Gasteiger partial charge in [0.15, 0.2) is 0 Å². The topological polar surface area (TPSA) is 76.9 Å². The fourth-order valence-corrected chi connectivity index (χ4v) is 3.67. The van der Waals surface area contributed by atoms with Crippen molar-refractivity contribution in [3.8, 4) is 0 Å². The summed E-state index contributed by atoms with van der Waals surface area (Å²) in [6.07, 6.45) is 4.03. The highest BCUT2D eigenvalue weighted by atomic mass is 32.1. The van der Waals surface area contributed by atoms with E-state index in [-0.39, 0.29) is 18.0 Å². The van der Waals surface area contributed by atoms with Crippen molar-refractivity contribution in [1.82, 2.24) is 20.1 Å². The number of aromatic nitrogens is 3. The second-order valence-electron chi connectivity index (χ2n) is 6.35. The first-order valence-corrected chi connectivity index (χ1v) is 9.75. The Morgan fingerprint density at radius 3 is 2.68 bits per heavy atom. The third-order valence-electron chi connectivity index (χ3n) is 4.37. The van der Waals surface area contributed by atoms with Gasteiger partial charge in [0.25, 0.3) is 5.56 Å². The molecule has 0 aliphatic heterocycles. The van der Waals surface area contributed by atoms with Crippen LogP contribution in [0.15, 0.2) is 71.1 Å². The summed E-state index contributed by atoms with van der Waals surface area (Å²) < 4.78 is 1.25. The van der Waals surface area contributed by atoms with Gasteiger partial charge in [0, 0.05) is 29.1 Å². The van der Waals surface area contributed by atoms with Crippen molar-refractivity contribution in [2.24, 2.45) is 0 Å². The number of hydrogen-bond acceptors (Lipinski definition) is 5. The first-order valence-electron chi connectivity index (χ1n) is 8.87. The highest BCUT2D eigenvalue weighted by Crippen LogP contribution is 2.16. The van der Waals surface area contributed by atoms with E-state index in [1.165, 1.54) is 4.68 Å². The lowest BCUT2D eigenvalue weighted by atomic mass is 10.1. The zero-order valence-corrected chi connectivity index (χ0v) is 15.9. The average Bonchev–Trinajstić information content (AvgIpc) is 3.24. The van der Waals surface area contributed by atoms with Gasteiger partial charge in [0.1, 0.15) is 6.54 Å². The smallest absolute Gasteiger partial charge is 0.275 e. The summed E-state index contributed by atoms with van der Waals surface area (Å²) in [6, 6.07) is 15.1. The van der Waals surface area contributed by atoms with Crippen molar-refractivity contribution in [3.63, 3.8) is 0 Å². The Balaban J connectivity index is 1.63. The number of amides is 1. The average molecular weight is 390 g/mol. The molecule has 7 heteroatoms. The quantitative estimate of drug-likeness (QED) is 0.549. The minimum Gasteiger partial charge on any atom is -0.350 e. The first kappa shape index (κ1) is 18.1. The molecular formula is C21H18N4O2S. The molecule has 4 rings (SSSR count). The molecular weight excluding hydrogens is 372 g/mol. The summed E-state index contributed by atoms with van der Waals surface area (Å²) in [6.45, 7) is 0.330. The van der Waals surface area contributed by atoms with Crippen LogP contribution in [0.5, 0.6) is 0 Å². The van der Waals surface area contributed by atoms with E-state index in [1.54, 1.807) is 29.8 Å². The van der Waals surface area contributed by atoms with Crippen molar-refractivity contribution >= 4 is 28.0 Å². The van der Waals surface area contributed by atoms with Crippen molar-refractivity contribution in [2.45, 2.75) is 19.5 Å². The van der Waals surface area contributed by atoms with E-state index in [1.807, 2.05) is 47.8 Å². The molecule has 0 radical (unpaired) electrons. The Morgan fingerprint density at radius 2 is 1.93 bits per heavy atom. The van der Waals surface area contributed by atoms with Gasteiger partial charge in [-0.3, -0.25) is 14.6 Å². The number of hydrogen-bond donors (Lipinski definition) is 1. The lowest BCUT2D eigenvalue weighted by molar-refractivity contribution is -0.122. The van der Waals surface area contributed by atoms with Crippen LogP contribution in [0.1, 0.15) is 16.1 Å². The molecule has 0 spiro atoms. The number of carbonyl (C=O) groups excluding carboxylic acids is 1. The molecule has 0 aliphatic carbocycles. The van der Waals surface area contributed by atoms with Crippen molar-refractivity contribution in [1.29, 1.82) is 0 Å². The Bertz CT molecular complexity index is 1150. The fourth-order valence-electron chi connectivity index (χ4n) is 3.03. The van der Waals surface area contributed by atoms with Crippen LogP contribution >= 0.6 is 11.3 Å². The predicted octanol–water partition coefficient (Wildman–Crippen LogP) is 2.76. The summed E-state index contributed by atoms with van der Waals surface area (Å²) in [7, 11) is 0. The fraction of sp³-hybridized carbons (Fsp3) is 0.143. The minimum absolute atomic E-state index is 0.116. The number of rotatable bonds is 6. The van der Waals surface area contributed by atoms with Crippen LogP contribution in [0, 0.1) is 0 Å². The van der Waals surface area contributed by atoms with Gasteiger partial charge in [-0.05, 0) is 29.1 Å². The number of thiophene rings is 1. The molecule has 3 aromatic heterocycles.